The fourth-order valence-corrected chi connectivity index (χ4v) is 5.52. The first-order valence-electron chi connectivity index (χ1n) is 15.0. The Hall–Kier alpha value is -2.59. The smallest absolute Gasteiger partial charge is 0.119 e. The number of halogens is 1. The molecule has 1 aliphatic rings. The van der Waals surface area contributed by atoms with E-state index < -0.39 is 0 Å². The van der Waals surface area contributed by atoms with Crippen LogP contribution in [0.2, 0.25) is 0 Å². The van der Waals surface area contributed by atoms with Crippen molar-refractivity contribution in [3.63, 3.8) is 0 Å². The van der Waals surface area contributed by atoms with E-state index in [-0.39, 0.29) is 6.04 Å². The SMILES string of the molecule is CCCCCCCCCCCCOc1ccc(C2CC(c3ccc(Br)cc3)=NN2c2ccc(C)c(C)c2)cc1. The highest BCUT2D eigenvalue weighted by Crippen LogP contribution is 2.38. The number of hydrogen-bond donors (Lipinski definition) is 0. The van der Waals surface area contributed by atoms with Crippen LogP contribution in [0.4, 0.5) is 5.69 Å². The standard InChI is InChI=1S/C35H45BrN2O/c1-4-5-6-7-8-9-10-11-12-13-24-39-33-22-17-30(18-23-33)35-26-34(29-15-19-31(36)20-16-29)37-38(35)32-21-14-27(2)28(3)25-32/h14-23,25,35H,4-13,24,26H2,1-3H3. The fourth-order valence-electron chi connectivity index (χ4n) is 5.26. The molecule has 0 amide bonds. The summed E-state index contributed by atoms with van der Waals surface area (Å²) in [6, 6.07) is 23.9. The summed E-state index contributed by atoms with van der Waals surface area (Å²) < 4.78 is 7.18. The van der Waals surface area contributed by atoms with Gasteiger partial charge in [-0.05, 0) is 78.9 Å². The second-order valence-electron chi connectivity index (χ2n) is 11.0. The fraction of sp³-hybridized carbons (Fsp3) is 0.457. The Labute approximate surface area is 244 Å². The summed E-state index contributed by atoms with van der Waals surface area (Å²) >= 11 is 3.56. The minimum atomic E-state index is 0.154. The zero-order chi connectivity index (χ0) is 27.5. The van der Waals surface area contributed by atoms with Crippen molar-refractivity contribution in [3.05, 3.63) is 93.5 Å². The van der Waals surface area contributed by atoms with E-state index in [1.54, 1.807) is 0 Å². The van der Waals surface area contributed by atoms with Gasteiger partial charge in [0.2, 0.25) is 0 Å². The Morgan fingerprint density at radius 3 is 2.05 bits per heavy atom. The van der Waals surface area contributed by atoms with Crippen molar-refractivity contribution >= 4 is 27.3 Å². The first-order chi connectivity index (χ1) is 19.0. The second kappa shape index (κ2) is 15.3. The predicted molar refractivity (Wildman–Crippen MR) is 170 cm³/mol. The van der Waals surface area contributed by atoms with E-state index in [0.717, 1.165) is 41.1 Å². The van der Waals surface area contributed by atoms with E-state index >= 15 is 0 Å². The van der Waals surface area contributed by atoms with Gasteiger partial charge in [-0.25, -0.2) is 0 Å². The maximum atomic E-state index is 6.09. The maximum absolute atomic E-state index is 6.09. The highest BCUT2D eigenvalue weighted by atomic mass is 79.9. The van der Waals surface area contributed by atoms with Crippen molar-refractivity contribution in [2.45, 2.75) is 97.4 Å². The average Bonchev–Trinajstić information content (AvgIpc) is 3.39. The lowest BCUT2D eigenvalue weighted by molar-refractivity contribution is 0.304. The van der Waals surface area contributed by atoms with Gasteiger partial charge in [-0.2, -0.15) is 5.10 Å². The van der Waals surface area contributed by atoms with Crippen LogP contribution in [-0.2, 0) is 0 Å². The number of unbranched alkanes of at least 4 members (excludes halogenated alkanes) is 9. The van der Waals surface area contributed by atoms with Crippen LogP contribution in [0.15, 0.2) is 76.3 Å². The molecule has 3 aromatic rings. The van der Waals surface area contributed by atoms with Gasteiger partial charge in [-0.15, -0.1) is 0 Å². The van der Waals surface area contributed by atoms with Crippen LogP contribution < -0.4 is 9.75 Å². The molecular weight excluding hydrogens is 544 g/mol. The third-order valence-corrected chi connectivity index (χ3v) is 8.40. The molecule has 0 N–H and O–H groups in total. The van der Waals surface area contributed by atoms with Crippen LogP contribution in [-0.4, -0.2) is 12.3 Å². The second-order valence-corrected chi connectivity index (χ2v) is 11.9. The van der Waals surface area contributed by atoms with Gasteiger partial charge in [0.1, 0.15) is 5.75 Å². The number of nitrogens with zero attached hydrogens (tertiary/aromatic N) is 2. The summed E-state index contributed by atoms with van der Waals surface area (Å²) in [6.45, 7) is 7.41. The van der Waals surface area contributed by atoms with E-state index in [9.17, 15) is 0 Å². The summed E-state index contributed by atoms with van der Waals surface area (Å²) in [7, 11) is 0. The Kier molecular flexibility index (Phi) is 11.5. The molecule has 1 atom stereocenters. The molecule has 3 aromatic carbocycles. The van der Waals surface area contributed by atoms with Gasteiger partial charge >= 0.3 is 0 Å². The van der Waals surface area contributed by atoms with Crippen LogP contribution >= 0.6 is 15.9 Å². The van der Waals surface area contributed by atoms with Crippen molar-refractivity contribution in [1.29, 1.82) is 0 Å². The van der Waals surface area contributed by atoms with Crippen LogP contribution in [0.5, 0.6) is 5.75 Å². The van der Waals surface area contributed by atoms with Gasteiger partial charge in [-0.3, -0.25) is 5.01 Å². The topological polar surface area (TPSA) is 24.8 Å². The van der Waals surface area contributed by atoms with Crippen molar-refractivity contribution in [3.8, 4) is 5.75 Å². The van der Waals surface area contributed by atoms with Gasteiger partial charge in [0.05, 0.1) is 24.0 Å². The highest BCUT2D eigenvalue weighted by molar-refractivity contribution is 9.10. The third-order valence-electron chi connectivity index (χ3n) is 7.87. The molecule has 4 heteroatoms. The van der Waals surface area contributed by atoms with Gasteiger partial charge in [0.15, 0.2) is 0 Å². The van der Waals surface area contributed by atoms with Crippen LogP contribution in [0.25, 0.3) is 0 Å². The number of rotatable bonds is 15. The number of anilines is 1. The summed E-state index contributed by atoms with van der Waals surface area (Å²) in [4.78, 5) is 0. The van der Waals surface area contributed by atoms with E-state index in [2.05, 4.69) is 108 Å². The Balaban J connectivity index is 1.32. The van der Waals surface area contributed by atoms with Gasteiger partial charge in [-0.1, -0.05) is 111 Å². The van der Waals surface area contributed by atoms with Crippen molar-refractivity contribution < 1.29 is 4.74 Å². The van der Waals surface area contributed by atoms with E-state index in [4.69, 9.17) is 9.84 Å². The summed E-state index contributed by atoms with van der Waals surface area (Å²) in [5, 5.41) is 7.32. The minimum absolute atomic E-state index is 0.154. The molecule has 3 nitrogen and oxygen atoms in total. The molecule has 208 valence electrons. The lowest BCUT2D eigenvalue weighted by Crippen LogP contribution is -2.18. The first kappa shape index (κ1) is 29.4. The van der Waals surface area contributed by atoms with Gasteiger partial charge in [0.25, 0.3) is 0 Å². The lowest BCUT2D eigenvalue weighted by Gasteiger charge is -2.25. The number of ether oxygens (including phenoxy) is 1. The molecule has 1 unspecified atom stereocenters. The van der Waals surface area contributed by atoms with E-state index in [1.165, 1.54) is 80.0 Å². The molecule has 4 rings (SSSR count). The lowest BCUT2D eigenvalue weighted by atomic mass is 9.98. The van der Waals surface area contributed by atoms with Gasteiger partial charge in [0, 0.05) is 10.9 Å². The first-order valence-corrected chi connectivity index (χ1v) is 15.8. The maximum Gasteiger partial charge on any atom is 0.119 e. The number of benzene rings is 3. The highest BCUT2D eigenvalue weighted by Gasteiger charge is 2.30. The number of hydrogen-bond acceptors (Lipinski definition) is 3. The number of aryl methyl sites for hydroxylation is 2. The largest absolute Gasteiger partial charge is 0.494 e. The Morgan fingerprint density at radius 1 is 0.769 bits per heavy atom. The molecule has 0 saturated carbocycles. The molecular formula is C35H45BrN2O. The van der Waals surface area contributed by atoms with Crippen LogP contribution in [0.3, 0.4) is 0 Å². The molecule has 1 aliphatic heterocycles. The van der Waals surface area contributed by atoms with E-state index in [0.29, 0.717) is 0 Å². The number of hydrazone groups is 1. The summed E-state index contributed by atoms with van der Waals surface area (Å²) in [5.74, 6) is 0.958. The molecule has 1 heterocycles. The quantitative estimate of drug-likeness (QED) is 0.165. The van der Waals surface area contributed by atoms with Crippen LogP contribution in [0.1, 0.15) is 106 Å². The van der Waals surface area contributed by atoms with Crippen LogP contribution in [0, 0.1) is 13.8 Å². The summed E-state index contributed by atoms with van der Waals surface area (Å²) in [6.07, 6.45) is 14.3. The minimum Gasteiger partial charge on any atom is -0.494 e. The molecule has 0 aliphatic carbocycles. The molecule has 0 saturated heterocycles. The van der Waals surface area contributed by atoms with Crippen molar-refractivity contribution in [2.24, 2.45) is 5.10 Å². The normalized spacial score (nSPS) is 15.0. The Morgan fingerprint density at radius 2 is 1.41 bits per heavy atom. The molecule has 39 heavy (non-hydrogen) atoms. The van der Waals surface area contributed by atoms with E-state index in [1.807, 2.05) is 0 Å². The molecule has 0 aromatic heterocycles. The van der Waals surface area contributed by atoms with Crippen molar-refractivity contribution in [1.82, 2.24) is 0 Å². The summed E-state index contributed by atoms with van der Waals surface area (Å²) in [5.41, 5.74) is 7.27. The zero-order valence-corrected chi connectivity index (χ0v) is 25.7. The predicted octanol–water partition coefficient (Wildman–Crippen LogP) is 10.7. The molecule has 0 fully saturated rings. The monoisotopic (exact) mass is 588 g/mol. The van der Waals surface area contributed by atoms with Gasteiger partial charge < -0.3 is 4.74 Å². The Bertz CT molecular complexity index is 1190. The molecule has 0 radical (unpaired) electrons. The molecule has 0 bridgehead atoms. The zero-order valence-electron chi connectivity index (χ0n) is 24.1. The average molecular weight is 590 g/mol. The molecule has 0 spiro atoms. The third kappa shape index (κ3) is 8.70. The van der Waals surface area contributed by atoms with Crippen molar-refractivity contribution in [2.75, 3.05) is 11.6 Å².